The average molecular weight is 199 g/mol. The highest BCUT2D eigenvalue weighted by Gasteiger charge is 2.26. The lowest BCUT2D eigenvalue weighted by molar-refractivity contribution is 0.0537. The molecular formula is C10H21N3O. The van der Waals surface area contributed by atoms with Crippen molar-refractivity contribution in [3.63, 3.8) is 0 Å². The molecule has 1 aliphatic heterocycles. The highest BCUT2D eigenvalue weighted by molar-refractivity contribution is 5.72. The van der Waals surface area contributed by atoms with Crippen molar-refractivity contribution in [3.05, 3.63) is 0 Å². The van der Waals surface area contributed by atoms with E-state index in [1.807, 2.05) is 0 Å². The second-order valence-corrected chi connectivity index (χ2v) is 4.35. The third-order valence-corrected chi connectivity index (χ3v) is 2.82. The quantitative estimate of drug-likeness (QED) is 0.693. The lowest BCUT2D eigenvalue weighted by atomic mass is 10.00. The van der Waals surface area contributed by atoms with Gasteiger partial charge in [0.25, 0.3) is 0 Å². The summed E-state index contributed by atoms with van der Waals surface area (Å²) in [7, 11) is 3.52. The minimum absolute atomic E-state index is 0.0365. The number of carbonyl (C=O) groups is 1. The van der Waals surface area contributed by atoms with Gasteiger partial charge in [0.1, 0.15) is 0 Å². The van der Waals surface area contributed by atoms with E-state index in [9.17, 15) is 4.79 Å². The molecule has 4 nitrogen and oxygen atoms in total. The van der Waals surface area contributed by atoms with Crippen LogP contribution in [0.25, 0.3) is 0 Å². The number of carbonyl (C=O) groups excluding carboxylic acids is 1. The second kappa shape index (κ2) is 4.64. The fourth-order valence-corrected chi connectivity index (χ4v) is 1.85. The number of hydrogen-bond donors (Lipinski definition) is 1. The molecule has 0 radical (unpaired) electrons. The first-order valence-corrected chi connectivity index (χ1v) is 5.28. The molecule has 0 aromatic heterocycles. The van der Waals surface area contributed by atoms with Gasteiger partial charge in [-0.2, -0.15) is 0 Å². The number of nitrogens with zero attached hydrogens (tertiary/aromatic N) is 2. The van der Waals surface area contributed by atoms with Crippen molar-refractivity contribution in [3.8, 4) is 0 Å². The predicted octanol–water partition coefficient (Wildman–Crippen LogP) is 1.44. The number of amides is 2. The molecule has 14 heavy (non-hydrogen) atoms. The van der Waals surface area contributed by atoms with Crippen LogP contribution in [-0.2, 0) is 0 Å². The van der Waals surface area contributed by atoms with Crippen LogP contribution in [0, 0.1) is 0 Å². The van der Waals surface area contributed by atoms with Gasteiger partial charge in [-0.15, -0.1) is 0 Å². The van der Waals surface area contributed by atoms with Gasteiger partial charge in [0.2, 0.25) is 0 Å². The zero-order chi connectivity index (χ0) is 10.7. The van der Waals surface area contributed by atoms with E-state index >= 15 is 0 Å². The van der Waals surface area contributed by atoms with E-state index < -0.39 is 0 Å². The zero-order valence-corrected chi connectivity index (χ0v) is 9.58. The largest absolute Gasteiger partial charge is 0.331 e. The molecule has 82 valence electrons. The molecular weight excluding hydrogens is 178 g/mol. The maximum Gasteiger partial charge on any atom is 0.331 e. The lowest BCUT2D eigenvalue weighted by Crippen LogP contribution is -2.56. The van der Waals surface area contributed by atoms with Gasteiger partial charge >= 0.3 is 6.03 Å². The first-order chi connectivity index (χ1) is 6.52. The molecule has 0 aliphatic carbocycles. The minimum atomic E-state index is -0.0365. The van der Waals surface area contributed by atoms with Crippen molar-refractivity contribution in [2.24, 2.45) is 0 Å². The van der Waals surface area contributed by atoms with Crippen LogP contribution in [-0.4, -0.2) is 42.1 Å². The predicted molar refractivity (Wildman–Crippen MR) is 56.8 cm³/mol. The van der Waals surface area contributed by atoms with E-state index in [0.29, 0.717) is 12.1 Å². The third-order valence-electron chi connectivity index (χ3n) is 2.82. The molecule has 1 heterocycles. The van der Waals surface area contributed by atoms with E-state index in [0.717, 1.165) is 12.8 Å². The fourth-order valence-electron chi connectivity index (χ4n) is 1.85. The van der Waals surface area contributed by atoms with Crippen LogP contribution < -0.4 is 5.43 Å². The van der Waals surface area contributed by atoms with Gasteiger partial charge in [0, 0.05) is 26.2 Å². The van der Waals surface area contributed by atoms with Crippen molar-refractivity contribution in [1.82, 2.24) is 15.3 Å². The zero-order valence-electron chi connectivity index (χ0n) is 9.58. The summed E-state index contributed by atoms with van der Waals surface area (Å²) in [4.78, 5) is 13.0. The topological polar surface area (TPSA) is 35.6 Å². The number of hydrazine groups is 1. The summed E-state index contributed by atoms with van der Waals surface area (Å²) < 4.78 is 0. The van der Waals surface area contributed by atoms with E-state index in [1.54, 1.807) is 19.0 Å². The number of urea groups is 1. The summed E-state index contributed by atoms with van der Waals surface area (Å²) >= 11 is 0. The molecule has 1 saturated heterocycles. The Bertz CT molecular complexity index is 196. The van der Waals surface area contributed by atoms with Gasteiger partial charge in [-0.05, 0) is 26.7 Å². The van der Waals surface area contributed by atoms with Crippen LogP contribution in [0.4, 0.5) is 4.79 Å². The number of piperidine rings is 1. The molecule has 0 saturated carbocycles. The van der Waals surface area contributed by atoms with E-state index in [-0.39, 0.29) is 6.03 Å². The normalized spacial score (nSPS) is 28.6. The molecule has 0 aromatic rings. The first-order valence-electron chi connectivity index (χ1n) is 5.28. The summed E-state index contributed by atoms with van der Waals surface area (Å²) in [5.74, 6) is 0. The van der Waals surface area contributed by atoms with Gasteiger partial charge in [0.05, 0.1) is 0 Å². The molecule has 0 bridgehead atoms. The molecule has 0 aromatic carbocycles. The maximum absolute atomic E-state index is 11.5. The molecule has 1 aliphatic rings. The van der Waals surface area contributed by atoms with Crippen LogP contribution in [0.1, 0.15) is 33.1 Å². The summed E-state index contributed by atoms with van der Waals surface area (Å²) in [6, 6.07) is 0.857. The fraction of sp³-hybridized carbons (Fsp3) is 0.900. The molecule has 1 rings (SSSR count). The van der Waals surface area contributed by atoms with Gasteiger partial charge in [-0.25, -0.2) is 9.80 Å². The molecule has 2 atom stereocenters. The molecule has 0 spiro atoms. The van der Waals surface area contributed by atoms with Crippen LogP contribution in [0.3, 0.4) is 0 Å². The molecule has 1 N–H and O–H groups in total. The Morgan fingerprint density at radius 3 is 2.21 bits per heavy atom. The molecule has 2 amide bonds. The van der Waals surface area contributed by atoms with E-state index in [4.69, 9.17) is 0 Å². The van der Waals surface area contributed by atoms with Crippen molar-refractivity contribution < 1.29 is 4.79 Å². The van der Waals surface area contributed by atoms with Gasteiger partial charge in [-0.1, -0.05) is 6.42 Å². The van der Waals surface area contributed by atoms with Crippen LogP contribution in [0.5, 0.6) is 0 Å². The summed E-state index contributed by atoms with van der Waals surface area (Å²) in [5, 5.41) is 2.08. The van der Waals surface area contributed by atoms with Gasteiger partial charge in [0.15, 0.2) is 0 Å². The van der Waals surface area contributed by atoms with Crippen molar-refractivity contribution in [1.29, 1.82) is 0 Å². The SMILES string of the molecule is CC1CCCC(C)N1NC(=O)N(C)C. The van der Waals surface area contributed by atoms with E-state index in [2.05, 4.69) is 24.3 Å². The Labute approximate surface area is 86.2 Å². The Morgan fingerprint density at radius 1 is 1.29 bits per heavy atom. The first kappa shape index (κ1) is 11.3. The highest BCUT2D eigenvalue weighted by Crippen LogP contribution is 2.20. The monoisotopic (exact) mass is 199 g/mol. The number of rotatable bonds is 1. The van der Waals surface area contributed by atoms with Crippen molar-refractivity contribution >= 4 is 6.03 Å². The Kier molecular flexibility index (Phi) is 3.75. The van der Waals surface area contributed by atoms with Crippen molar-refractivity contribution in [2.75, 3.05) is 14.1 Å². The maximum atomic E-state index is 11.5. The molecule has 4 heteroatoms. The number of nitrogens with one attached hydrogen (secondary N) is 1. The second-order valence-electron chi connectivity index (χ2n) is 4.35. The van der Waals surface area contributed by atoms with E-state index in [1.165, 1.54) is 6.42 Å². The molecule has 1 fully saturated rings. The average Bonchev–Trinajstić information content (AvgIpc) is 2.11. The van der Waals surface area contributed by atoms with Gasteiger partial charge in [-0.3, -0.25) is 5.43 Å². The lowest BCUT2D eigenvalue weighted by Gasteiger charge is -2.39. The Hall–Kier alpha value is -0.770. The summed E-state index contributed by atoms with van der Waals surface area (Å²) in [6.45, 7) is 4.32. The molecule has 2 unspecified atom stereocenters. The van der Waals surface area contributed by atoms with Crippen LogP contribution in [0.2, 0.25) is 0 Å². The summed E-state index contributed by atoms with van der Waals surface area (Å²) in [6.07, 6.45) is 3.59. The minimum Gasteiger partial charge on any atom is -0.330 e. The van der Waals surface area contributed by atoms with Crippen molar-refractivity contribution in [2.45, 2.75) is 45.2 Å². The van der Waals surface area contributed by atoms with Crippen LogP contribution >= 0.6 is 0 Å². The summed E-state index contributed by atoms with van der Waals surface area (Å²) in [5.41, 5.74) is 2.94. The smallest absolute Gasteiger partial charge is 0.330 e. The standard InChI is InChI=1S/C10H21N3O/c1-8-6-5-7-9(2)13(8)11-10(14)12(3)4/h8-9H,5-7H2,1-4H3,(H,11,14). The third kappa shape index (κ3) is 2.61. The Morgan fingerprint density at radius 2 is 1.79 bits per heavy atom. The number of hydrogen-bond acceptors (Lipinski definition) is 2. The van der Waals surface area contributed by atoms with Crippen LogP contribution in [0.15, 0.2) is 0 Å². The highest BCUT2D eigenvalue weighted by atomic mass is 16.2. The van der Waals surface area contributed by atoms with Gasteiger partial charge < -0.3 is 4.90 Å². The Balaban J connectivity index is 2.52.